The Morgan fingerprint density at radius 3 is 2.32 bits per heavy atom. The number of nitriles is 1. The van der Waals surface area contributed by atoms with Gasteiger partial charge in [0.1, 0.15) is 17.7 Å². The number of ether oxygens (including phenoxy) is 1. The highest BCUT2D eigenvalue weighted by Crippen LogP contribution is 2.22. The highest BCUT2D eigenvalue weighted by atomic mass is 32.2. The first-order chi connectivity index (χ1) is 14.6. The van der Waals surface area contributed by atoms with Gasteiger partial charge in [0, 0.05) is 30.3 Å². The van der Waals surface area contributed by atoms with Crippen molar-refractivity contribution in [1.29, 1.82) is 5.26 Å². The van der Waals surface area contributed by atoms with Crippen molar-refractivity contribution < 1.29 is 26.7 Å². The molecule has 1 saturated heterocycles. The maximum absolute atomic E-state index is 13.9. The van der Waals surface area contributed by atoms with Crippen molar-refractivity contribution in [3.05, 3.63) is 65.2 Å². The zero-order chi connectivity index (χ0) is 22.8. The number of carbonyl (C=O) groups is 1. The van der Waals surface area contributed by atoms with Crippen molar-refractivity contribution in [2.24, 2.45) is 0 Å². The van der Waals surface area contributed by atoms with Gasteiger partial charge >= 0.3 is 0 Å². The minimum atomic E-state index is -3.77. The molecule has 0 spiro atoms. The Kier molecular flexibility index (Phi) is 6.69. The second kappa shape index (κ2) is 9.09. The van der Waals surface area contributed by atoms with Gasteiger partial charge in [0.05, 0.1) is 23.2 Å². The number of hydrogen-bond donors (Lipinski definition) is 1. The molecular weight excluding hydrogens is 428 g/mol. The maximum atomic E-state index is 13.9. The standard InChI is InChI=1S/C21H21F2N3O4S/c1-13-11-26(12-14(2)30-13)31(28,29)17-6-3-15(4-7-17)21(27)25-20(10-24)18-8-5-16(22)9-19(18)23/h3-9,13-14,20H,11-12H2,1-2H3,(H,25,27). The van der Waals surface area contributed by atoms with Crippen LogP contribution >= 0.6 is 0 Å². The molecule has 7 nitrogen and oxygen atoms in total. The van der Waals surface area contributed by atoms with Gasteiger partial charge in [-0.1, -0.05) is 6.07 Å². The molecule has 2 aromatic rings. The van der Waals surface area contributed by atoms with Crippen LogP contribution in [0.3, 0.4) is 0 Å². The third-order valence-electron chi connectivity index (χ3n) is 4.82. The number of rotatable bonds is 5. The van der Waals surface area contributed by atoms with E-state index in [1.807, 2.05) is 0 Å². The molecule has 0 saturated carbocycles. The van der Waals surface area contributed by atoms with E-state index in [0.29, 0.717) is 6.07 Å². The first-order valence-corrected chi connectivity index (χ1v) is 11.0. The molecule has 164 valence electrons. The van der Waals surface area contributed by atoms with E-state index < -0.39 is 33.6 Å². The minimum absolute atomic E-state index is 0.0202. The Morgan fingerprint density at radius 1 is 1.16 bits per heavy atom. The van der Waals surface area contributed by atoms with Crippen LogP contribution in [0.15, 0.2) is 47.4 Å². The van der Waals surface area contributed by atoms with Crippen LogP contribution < -0.4 is 5.32 Å². The molecule has 1 amide bonds. The normalized spacial score (nSPS) is 20.6. The lowest BCUT2D eigenvalue weighted by molar-refractivity contribution is -0.0440. The molecule has 1 fully saturated rings. The van der Waals surface area contributed by atoms with Crippen LogP contribution in [0.2, 0.25) is 0 Å². The Labute approximate surface area is 179 Å². The summed E-state index contributed by atoms with van der Waals surface area (Å²) in [5.74, 6) is -2.46. The van der Waals surface area contributed by atoms with Gasteiger partial charge in [-0.25, -0.2) is 17.2 Å². The molecule has 3 atom stereocenters. The van der Waals surface area contributed by atoms with Crippen LogP contribution in [0.25, 0.3) is 0 Å². The predicted molar refractivity (Wildman–Crippen MR) is 107 cm³/mol. The number of nitrogens with one attached hydrogen (secondary N) is 1. The molecule has 10 heteroatoms. The second-order valence-electron chi connectivity index (χ2n) is 7.31. The molecule has 31 heavy (non-hydrogen) atoms. The quantitative estimate of drug-likeness (QED) is 0.757. The second-order valence-corrected chi connectivity index (χ2v) is 9.24. The van der Waals surface area contributed by atoms with E-state index in [4.69, 9.17) is 4.74 Å². The van der Waals surface area contributed by atoms with E-state index >= 15 is 0 Å². The number of amides is 1. The van der Waals surface area contributed by atoms with Crippen molar-refractivity contribution in [3.63, 3.8) is 0 Å². The van der Waals surface area contributed by atoms with E-state index in [9.17, 15) is 27.3 Å². The lowest BCUT2D eigenvalue weighted by Gasteiger charge is -2.34. The smallest absolute Gasteiger partial charge is 0.252 e. The van der Waals surface area contributed by atoms with Crippen LogP contribution in [0.5, 0.6) is 0 Å². The van der Waals surface area contributed by atoms with Gasteiger partial charge in [0.2, 0.25) is 10.0 Å². The molecule has 1 aliphatic heterocycles. The number of carbonyl (C=O) groups excluding carboxylic acids is 1. The maximum Gasteiger partial charge on any atom is 0.252 e. The van der Waals surface area contributed by atoms with Gasteiger partial charge in [-0.05, 0) is 44.2 Å². The number of nitrogens with zero attached hydrogens (tertiary/aromatic N) is 2. The van der Waals surface area contributed by atoms with Crippen molar-refractivity contribution >= 4 is 15.9 Å². The average Bonchev–Trinajstić information content (AvgIpc) is 2.71. The SMILES string of the molecule is CC1CN(S(=O)(=O)c2ccc(C(=O)NC(C#N)c3ccc(F)cc3F)cc2)CC(C)O1. The Bertz CT molecular complexity index is 1110. The van der Waals surface area contributed by atoms with Crippen molar-refractivity contribution in [2.75, 3.05) is 13.1 Å². The van der Waals surface area contributed by atoms with Gasteiger partial charge in [-0.15, -0.1) is 0 Å². The Balaban J connectivity index is 1.76. The molecule has 0 bridgehead atoms. The van der Waals surface area contributed by atoms with Crippen molar-refractivity contribution in [2.45, 2.75) is 37.0 Å². The molecule has 3 rings (SSSR count). The molecule has 1 heterocycles. The molecule has 1 N–H and O–H groups in total. The molecule has 0 radical (unpaired) electrons. The Hall–Kier alpha value is -2.87. The molecule has 0 aliphatic carbocycles. The van der Waals surface area contributed by atoms with Gasteiger partial charge in [0.15, 0.2) is 0 Å². The fraction of sp³-hybridized carbons (Fsp3) is 0.333. The summed E-state index contributed by atoms with van der Waals surface area (Å²) in [6.45, 7) is 4.03. The summed E-state index contributed by atoms with van der Waals surface area (Å²) in [5, 5.41) is 11.6. The highest BCUT2D eigenvalue weighted by molar-refractivity contribution is 7.89. The molecule has 1 aliphatic rings. The largest absolute Gasteiger partial charge is 0.373 e. The summed E-state index contributed by atoms with van der Waals surface area (Å²) in [6, 6.07) is 8.33. The van der Waals surface area contributed by atoms with Crippen molar-refractivity contribution in [3.8, 4) is 6.07 Å². The van der Waals surface area contributed by atoms with Crippen LogP contribution in [-0.2, 0) is 14.8 Å². The summed E-state index contributed by atoms with van der Waals surface area (Å²) in [4.78, 5) is 12.5. The van der Waals surface area contributed by atoms with Crippen LogP contribution in [0.4, 0.5) is 8.78 Å². The summed E-state index contributed by atoms with van der Waals surface area (Å²) < 4.78 is 59.7. The molecule has 3 unspecified atom stereocenters. The third kappa shape index (κ3) is 5.07. The molecular formula is C21H21F2N3O4S. The third-order valence-corrected chi connectivity index (χ3v) is 6.66. The van der Waals surface area contributed by atoms with Gasteiger partial charge in [-0.2, -0.15) is 9.57 Å². The molecule has 0 aromatic heterocycles. The topological polar surface area (TPSA) is 99.5 Å². The fourth-order valence-electron chi connectivity index (χ4n) is 3.38. The first-order valence-electron chi connectivity index (χ1n) is 9.53. The number of sulfonamides is 1. The highest BCUT2D eigenvalue weighted by Gasteiger charge is 2.32. The van der Waals surface area contributed by atoms with Crippen LogP contribution in [0, 0.1) is 23.0 Å². The van der Waals surface area contributed by atoms with Crippen LogP contribution in [0.1, 0.15) is 35.8 Å². The molecule has 2 aromatic carbocycles. The number of hydrogen-bond acceptors (Lipinski definition) is 5. The van der Waals surface area contributed by atoms with Gasteiger partial charge in [0.25, 0.3) is 5.91 Å². The lowest BCUT2D eigenvalue weighted by atomic mass is 10.1. The van der Waals surface area contributed by atoms with Gasteiger partial charge < -0.3 is 10.1 Å². The van der Waals surface area contributed by atoms with E-state index in [1.54, 1.807) is 19.9 Å². The first kappa shape index (κ1) is 22.8. The summed E-state index contributed by atoms with van der Waals surface area (Å²) in [7, 11) is -3.77. The Morgan fingerprint density at radius 2 is 1.77 bits per heavy atom. The zero-order valence-electron chi connectivity index (χ0n) is 16.9. The summed E-state index contributed by atoms with van der Waals surface area (Å²) in [6.07, 6.45) is -0.475. The summed E-state index contributed by atoms with van der Waals surface area (Å²) >= 11 is 0. The van der Waals surface area contributed by atoms with Crippen molar-refractivity contribution in [1.82, 2.24) is 9.62 Å². The van der Waals surface area contributed by atoms with E-state index in [2.05, 4.69) is 5.32 Å². The van der Waals surface area contributed by atoms with Crippen LogP contribution in [-0.4, -0.2) is 43.9 Å². The van der Waals surface area contributed by atoms with E-state index in [-0.39, 0.29) is 41.3 Å². The lowest BCUT2D eigenvalue weighted by Crippen LogP contribution is -2.48. The predicted octanol–water partition coefficient (Wildman–Crippen LogP) is 2.76. The average molecular weight is 449 g/mol. The number of morpholine rings is 1. The van der Waals surface area contributed by atoms with E-state index in [1.165, 1.54) is 28.6 Å². The fourth-order valence-corrected chi connectivity index (χ4v) is 4.97. The number of benzene rings is 2. The van der Waals surface area contributed by atoms with E-state index in [0.717, 1.165) is 12.1 Å². The monoisotopic (exact) mass is 449 g/mol. The zero-order valence-corrected chi connectivity index (χ0v) is 17.7. The van der Waals surface area contributed by atoms with Gasteiger partial charge in [-0.3, -0.25) is 4.79 Å². The number of halogens is 2. The summed E-state index contributed by atoms with van der Waals surface area (Å²) in [5.41, 5.74) is -0.0857. The minimum Gasteiger partial charge on any atom is -0.373 e.